The number of nitrogens with zero attached hydrogens (tertiary/aromatic N) is 3. The number of benzene rings is 1. The van der Waals surface area contributed by atoms with Crippen molar-refractivity contribution in [2.45, 2.75) is 26.3 Å². The molecule has 2 aromatic rings. The van der Waals surface area contributed by atoms with E-state index in [1.54, 1.807) is 0 Å². The van der Waals surface area contributed by atoms with Gasteiger partial charge in [0, 0.05) is 32.2 Å². The molecule has 1 unspecified atom stereocenters. The van der Waals surface area contributed by atoms with Crippen molar-refractivity contribution in [3.05, 3.63) is 24.0 Å². The van der Waals surface area contributed by atoms with Crippen LogP contribution in [0.1, 0.15) is 32.1 Å². The Hall–Kier alpha value is -1.59. The van der Waals surface area contributed by atoms with Gasteiger partial charge in [-0.25, -0.2) is 4.98 Å². The molecule has 0 amide bonds. The van der Waals surface area contributed by atoms with Crippen LogP contribution in [0.5, 0.6) is 5.75 Å². The molecule has 1 saturated heterocycles. The van der Waals surface area contributed by atoms with Crippen molar-refractivity contribution >= 4 is 11.0 Å². The van der Waals surface area contributed by atoms with Gasteiger partial charge >= 0.3 is 0 Å². The molecule has 5 nitrogen and oxygen atoms in total. The zero-order valence-electron chi connectivity index (χ0n) is 13.8. The van der Waals surface area contributed by atoms with Crippen LogP contribution >= 0.6 is 0 Å². The SMILES string of the molecule is CCOc1ccc2nc(C(CC)N3CCN(C)CC3)[nH]c2c1. The number of aromatic nitrogens is 2. The van der Waals surface area contributed by atoms with E-state index in [0.717, 1.165) is 55.2 Å². The highest BCUT2D eigenvalue weighted by Gasteiger charge is 2.24. The Morgan fingerprint density at radius 2 is 2.00 bits per heavy atom. The minimum atomic E-state index is 0.372. The molecule has 1 aromatic heterocycles. The Morgan fingerprint density at radius 3 is 2.68 bits per heavy atom. The highest BCUT2D eigenvalue weighted by Crippen LogP contribution is 2.26. The number of ether oxygens (including phenoxy) is 1. The first kappa shape index (κ1) is 15.3. The zero-order valence-corrected chi connectivity index (χ0v) is 13.8. The van der Waals surface area contributed by atoms with E-state index < -0.39 is 0 Å². The maximum atomic E-state index is 5.57. The molecule has 1 aliphatic heterocycles. The third-order valence-electron chi connectivity index (χ3n) is 4.46. The number of rotatable bonds is 5. The molecule has 22 heavy (non-hydrogen) atoms. The summed E-state index contributed by atoms with van der Waals surface area (Å²) in [4.78, 5) is 13.2. The van der Waals surface area contributed by atoms with Gasteiger partial charge in [-0.2, -0.15) is 0 Å². The van der Waals surface area contributed by atoms with Crippen molar-refractivity contribution in [1.29, 1.82) is 0 Å². The van der Waals surface area contributed by atoms with E-state index in [1.807, 2.05) is 25.1 Å². The predicted molar refractivity (Wildman–Crippen MR) is 89.4 cm³/mol. The number of piperazine rings is 1. The lowest BCUT2D eigenvalue weighted by Crippen LogP contribution is -2.46. The van der Waals surface area contributed by atoms with E-state index in [9.17, 15) is 0 Å². The number of H-pyrrole nitrogens is 1. The minimum absolute atomic E-state index is 0.372. The number of imidazole rings is 1. The van der Waals surface area contributed by atoms with Gasteiger partial charge in [0.1, 0.15) is 11.6 Å². The molecule has 1 aromatic carbocycles. The fourth-order valence-corrected chi connectivity index (χ4v) is 3.18. The topological polar surface area (TPSA) is 44.4 Å². The van der Waals surface area contributed by atoms with Crippen LogP contribution in [0, 0.1) is 0 Å². The van der Waals surface area contributed by atoms with Gasteiger partial charge in [0.05, 0.1) is 23.7 Å². The maximum absolute atomic E-state index is 5.57. The standard InChI is InChI=1S/C17H26N4O/c1-4-16(21-10-8-20(3)9-11-21)17-18-14-7-6-13(22-5-2)12-15(14)19-17/h6-7,12,16H,4-5,8-11H2,1-3H3,(H,18,19). The Labute approximate surface area is 132 Å². The van der Waals surface area contributed by atoms with Gasteiger partial charge in [-0.3, -0.25) is 4.90 Å². The van der Waals surface area contributed by atoms with Crippen molar-refractivity contribution in [3.63, 3.8) is 0 Å². The fraction of sp³-hybridized carbons (Fsp3) is 0.588. The third-order valence-corrected chi connectivity index (χ3v) is 4.46. The first-order valence-electron chi connectivity index (χ1n) is 8.26. The van der Waals surface area contributed by atoms with Crippen LogP contribution in [0.25, 0.3) is 11.0 Å². The second-order valence-corrected chi connectivity index (χ2v) is 6.00. The van der Waals surface area contributed by atoms with E-state index in [0.29, 0.717) is 12.6 Å². The van der Waals surface area contributed by atoms with Crippen LogP contribution in [0.15, 0.2) is 18.2 Å². The van der Waals surface area contributed by atoms with Gasteiger partial charge in [-0.15, -0.1) is 0 Å². The van der Waals surface area contributed by atoms with Crippen molar-refractivity contribution in [2.24, 2.45) is 0 Å². The first-order valence-corrected chi connectivity index (χ1v) is 8.26. The summed E-state index contributed by atoms with van der Waals surface area (Å²) in [6, 6.07) is 6.45. The molecule has 1 atom stereocenters. The molecule has 0 radical (unpaired) electrons. The van der Waals surface area contributed by atoms with Crippen molar-refractivity contribution in [3.8, 4) is 5.75 Å². The van der Waals surface area contributed by atoms with E-state index in [2.05, 4.69) is 28.8 Å². The number of likely N-dealkylation sites (N-methyl/N-ethyl adjacent to an activating group) is 1. The average Bonchev–Trinajstić information content (AvgIpc) is 2.93. The highest BCUT2D eigenvalue weighted by atomic mass is 16.5. The van der Waals surface area contributed by atoms with Crippen LogP contribution in [0.2, 0.25) is 0 Å². The normalized spacial score (nSPS) is 18.7. The summed E-state index contributed by atoms with van der Waals surface area (Å²) in [5.41, 5.74) is 2.08. The van der Waals surface area contributed by atoms with Crippen molar-refractivity contribution in [1.82, 2.24) is 19.8 Å². The Morgan fingerprint density at radius 1 is 1.23 bits per heavy atom. The molecular weight excluding hydrogens is 276 g/mol. The quantitative estimate of drug-likeness (QED) is 0.922. The summed E-state index contributed by atoms with van der Waals surface area (Å²) in [7, 11) is 2.19. The molecule has 1 aliphatic rings. The molecule has 0 aliphatic carbocycles. The lowest BCUT2D eigenvalue weighted by atomic mass is 10.1. The molecular formula is C17H26N4O. The number of hydrogen-bond acceptors (Lipinski definition) is 4. The van der Waals surface area contributed by atoms with E-state index in [-0.39, 0.29) is 0 Å². The lowest BCUT2D eigenvalue weighted by molar-refractivity contribution is 0.105. The Balaban J connectivity index is 1.84. The first-order chi connectivity index (χ1) is 10.7. The molecule has 0 bridgehead atoms. The highest BCUT2D eigenvalue weighted by molar-refractivity contribution is 5.76. The largest absolute Gasteiger partial charge is 0.494 e. The second kappa shape index (κ2) is 6.67. The van der Waals surface area contributed by atoms with E-state index >= 15 is 0 Å². The maximum Gasteiger partial charge on any atom is 0.124 e. The van der Waals surface area contributed by atoms with Crippen LogP contribution in [-0.4, -0.2) is 59.6 Å². The van der Waals surface area contributed by atoms with E-state index in [4.69, 9.17) is 9.72 Å². The molecule has 1 fully saturated rings. The molecule has 2 heterocycles. The molecule has 3 rings (SSSR count). The molecule has 0 saturated carbocycles. The smallest absolute Gasteiger partial charge is 0.124 e. The van der Waals surface area contributed by atoms with Gasteiger partial charge in [0.25, 0.3) is 0 Å². The summed E-state index contributed by atoms with van der Waals surface area (Å²) in [6.07, 6.45) is 1.07. The number of fused-ring (bicyclic) bond motifs is 1. The van der Waals surface area contributed by atoms with Crippen molar-refractivity contribution < 1.29 is 4.74 Å². The Kier molecular flexibility index (Phi) is 4.64. The molecule has 120 valence electrons. The number of nitrogens with one attached hydrogen (secondary N) is 1. The number of hydrogen-bond donors (Lipinski definition) is 1. The van der Waals surface area contributed by atoms with Gasteiger partial charge in [0.15, 0.2) is 0 Å². The van der Waals surface area contributed by atoms with Crippen LogP contribution in [0.3, 0.4) is 0 Å². The predicted octanol–water partition coefficient (Wildman–Crippen LogP) is 2.66. The monoisotopic (exact) mass is 302 g/mol. The van der Waals surface area contributed by atoms with E-state index in [1.165, 1.54) is 0 Å². The molecule has 5 heteroatoms. The van der Waals surface area contributed by atoms with Crippen LogP contribution in [0.4, 0.5) is 0 Å². The fourth-order valence-electron chi connectivity index (χ4n) is 3.18. The van der Waals surface area contributed by atoms with Crippen LogP contribution < -0.4 is 4.74 Å². The summed E-state index contributed by atoms with van der Waals surface area (Å²) in [5, 5.41) is 0. The lowest BCUT2D eigenvalue weighted by Gasteiger charge is -2.36. The van der Waals surface area contributed by atoms with Gasteiger partial charge in [-0.05, 0) is 32.5 Å². The summed E-state index contributed by atoms with van der Waals surface area (Å²) in [6.45, 7) is 9.40. The van der Waals surface area contributed by atoms with Crippen LogP contribution in [-0.2, 0) is 0 Å². The number of aromatic amines is 1. The second-order valence-electron chi connectivity index (χ2n) is 6.00. The Bertz CT molecular complexity index is 616. The zero-order chi connectivity index (χ0) is 15.5. The average molecular weight is 302 g/mol. The summed E-state index contributed by atoms with van der Waals surface area (Å²) >= 11 is 0. The minimum Gasteiger partial charge on any atom is -0.494 e. The molecule has 1 N–H and O–H groups in total. The van der Waals surface area contributed by atoms with Crippen molar-refractivity contribution in [2.75, 3.05) is 39.8 Å². The van der Waals surface area contributed by atoms with Gasteiger partial charge in [-0.1, -0.05) is 6.92 Å². The van der Waals surface area contributed by atoms with Gasteiger partial charge in [0.2, 0.25) is 0 Å². The summed E-state index contributed by atoms with van der Waals surface area (Å²) in [5.74, 6) is 1.98. The molecule has 0 spiro atoms. The van der Waals surface area contributed by atoms with Gasteiger partial charge < -0.3 is 14.6 Å². The third kappa shape index (κ3) is 3.10. The summed E-state index contributed by atoms with van der Waals surface area (Å²) < 4.78 is 5.57.